The Balaban J connectivity index is 3.13. The fourth-order valence-electron chi connectivity index (χ4n) is 2.55. The van der Waals surface area contributed by atoms with Gasteiger partial charge in [-0.1, -0.05) is 19.1 Å². The van der Waals surface area contributed by atoms with E-state index in [1.165, 1.54) is 0 Å². The summed E-state index contributed by atoms with van der Waals surface area (Å²) < 4.78 is 5.14. The molecule has 0 aromatic carbocycles. The standard InChI is InChI=1S/C14H21NO3/c1-5-8-14(13(17)18-7-3)10-11(4)12(16)15(14)9-6-2/h5-6,11H,1-2,7-10H2,3-4H3/t11?,14-/m0/s1. The second-order valence-corrected chi connectivity index (χ2v) is 4.59. The molecule has 1 unspecified atom stereocenters. The zero-order valence-corrected chi connectivity index (χ0v) is 11.1. The Labute approximate surface area is 108 Å². The third-order valence-corrected chi connectivity index (χ3v) is 3.30. The molecule has 1 fully saturated rings. The van der Waals surface area contributed by atoms with E-state index in [-0.39, 0.29) is 17.8 Å². The van der Waals surface area contributed by atoms with Crippen LogP contribution in [0.4, 0.5) is 0 Å². The fraction of sp³-hybridized carbons (Fsp3) is 0.571. The van der Waals surface area contributed by atoms with E-state index in [0.29, 0.717) is 26.0 Å². The maximum Gasteiger partial charge on any atom is 0.332 e. The van der Waals surface area contributed by atoms with E-state index < -0.39 is 5.54 Å². The SMILES string of the molecule is C=CCN1C(=O)C(C)C[C@@]1(CC=C)C(=O)OCC. The largest absolute Gasteiger partial charge is 0.464 e. The van der Waals surface area contributed by atoms with Crippen molar-refractivity contribution in [2.24, 2.45) is 5.92 Å². The van der Waals surface area contributed by atoms with Crippen molar-refractivity contribution in [2.75, 3.05) is 13.2 Å². The predicted molar refractivity (Wildman–Crippen MR) is 69.9 cm³/mol. The molecule has 0 aliphatic carbocycles. The summed E-state index contributed by atoms with van der Waals surface area (Å²) in [5.41, 5.74) is -0.900. The first-order chi connectivity index (χ1) is 8.53. The number of nitrogens with zero attached hydrogens (tertiary/aromatic N) is 1. The van der Waals surface area contributed by atoms with E-state index >= 15 is 0 Å². The van der Waals surface area contributed by atoms with E-state index in [0.717, 1.165) is 0 Å². The highest BCUT2D eigenvalue weighted by atomic mass is 16.5. The summed E-state index contributed by atoms with van der Waals surface area (Å²) in [4.78, 5) is 25.9. The lowest BCUT2D eigenvalue weighted by Crippen LogP contribution is -2.52. The van der Waals surface area contributed by atoms with Gasteiger partial charge in [0.15, 0.2) is 0 Å². The minimum Gasteiger partial charge on any atom is -0.464 e. The Morgan fingerprint density at radius 3 is 2.72 bits per heavy atom. The topological polar surface area (TPSA) is 46.6 Å². The van der Waals surface area contributed by atoms with E-state index in [1.807, 2.05) is 6.92 Å². The molecule has 4 nitrogen and oxygen atoms in total. The van der Waals surface area contributed by atoms with Crippen LogP contribution < -0.4 is 0 Å². The number of hydrogen-bond donors (Lipinski definition) is 0. The van der Waals surface area contributed by atoms with E-state index in [1.54, 1.807) is 24.0 Å². The van der Waals surface area contributed by atoms with Gasteiger partial charge in [0, 0.05) is 12.5 Å². The molecule has 2 atom stereocenters. The average molecular weight is 251 g/mol. The molecule has 0 radical (unpaired) electrons. The van der Waals surface area contributed by atoms with Crippen LogP contribution in [0.5, 0.6) is 0 Å². The lowest BCUT2D eigenvalue weighted by atomic mass is 9.89. The number of esters is 1. The normalized spacial score (nSPS) is 27.1. The minimum absolute atomic E-state index is 0.0233. The van der Waals surface area contributed by atoms with Crippen LogP contribution in [-0.2, 0) is 14.3 Å². The molecule has 0 bridgehead atoms. The number of rotatable bonds is 6. The molecule has 0 spiro atoms. The summed E-state index contributed by atoms with van der Waals surface area (Å²) in [7, 11) is 0. The maximum atomic E-state index is 12.2. The van der Waals surface area contributed by atoms with Crippen molar-refractivity contribution >= 4 is 11.9 Å². The summed E-state index contributed by atoms with van der Waals surface area (Å²) >= 11 is 0. The highest BCUT2D eigenvalue weighted by molar-refractivity contribution is 5.93. The smallest absolute Gasteiger partial charge is 0.332 e. The van der Waals surface area contributed by atoms with Gasteiger partial charge in [-0.3, -0.25) is 4.79 Å². The molecule has 0 saturated carbocycles. The Bertz CT molecular complexity index is 364. The molecule has 1 saturated heterocycles. The van der Waals surface area contributed by atoms with E-state index in [2.05, 4.69) is 13.2 Å². The lowest BCUT2D eigenvalue weighted by molar-refractivity contribution is -0.159. The number of carbonyl (C=O) groups is 2. The third-order valence-electron chi connectivity index (χ3n) is 3.30. The van der Waals surface area contributed by atoms with Crippen LogP contribution in [0.1, 0.15) is 26.7 Å². The second-order valence-electron chi connectivity index (χ2n) is 4.59. The van der Waals surface area contributed by atoms with E-state index in [9.17, 15) is 9.59 Å². The average Bonchev–Trinajstić information content (AvgIpc) is 2.56. The minimum atomic E-state index is -0.900. The molecule has 100 valence electrons. The van der Waals surface area contributed by atoms with Gasteiger partial charge in [-0.05, 0) is 19.8 Å². The molecule has 1 heterocycles. The van der Waals surface area contributed by atoms with Crippen molar-refractivity contribution in [2.45, 2.75) is 32.2 Å². The molecule has 4 heteroatoms. The molecule has 1 rings (SSSR count). The van der Waals surface area contributed by atoms with Crippen molar-refractivity contribution in [3.05, 3.63) is 25.3 Å². The van der Waals surface area contributed by atoms with Gasteiger partial charge in [0.25, 0.3) is 0 Å². The van der Waals surface area contributed by atoms with Gasteiger partial charge >= 0.3 is 5.97 Å². The van der Waals surface area contributed by atoms with Crippen molar-refractivity contribution < 1.29 is 14.3 Å². The van der Waals surface area contributed by atoms with E-state index in [4.69, 9.17) is 4.74 Å². The van der Waals surface area contributed by atoms with Crippen LogP contribution in [0.2, 0.25) is 0 Å². The van der Waals surface area contributed by atoms with Gasteiger partial charge in [0.1, 0.15) is 5.54 Å². The van der Waals surface area contributed by atoms with Crippen LogP contribution >= 0.6 is 0 Å². The van der Waals surface area contributed by atoms with Crippen molar-refractivity contribution in [1.82, 2.24) is 4.90 Å². The van der Waals surface area contributed by atoms with Crippen molar-refractivity contribution in [3.8, 4) is 0 Å². The highest BCUT2D eigenvalue weighted by Crippen LogP contribution is 2.38. The second kappa shape index (κ2) is 5.85. The lowest BCUT2D eigenvalue weighted by Gasteiger charge is -2.34. The van der Waals surface area contributed by atoms with Crippen LogP contribution in [0.3, 0.4) is 0 Å². The number of likely N-dealkylation sites (tertiary alicyclic amines) is 1. The Morgan fingerprint density at radius 2 is 2.22 bits per heavy atom. The zero-order chi connectivity index (χ0) is 13.8. The molecule has 1 aliphatic heterocycles. The van der Waals surface area contributed by atoms with Crippen LogP contribution in [0.15, 0.2) is 25.3 Å². The number of amides is 1. The van der Waals surface area contributed by atoms with Gasteiger partial charge in [-0.15, -0.1) is 13.2 Å². The Kier molecular flexibility index (Phi) is 4.70. The molecule has 1 aliphatic rings. The van der Waals surface area contributed by atoms with Gasteiger partial charge in [-0.25, -0.2) is 4.79 Å². The monoisotopic (exact) mass is 251 g/mol. The highest BCUT2D eigenvalue weighted by Gasteiger charge is 2.54. The molecular weight excluding hydrogens is 230 g/mol. The maximum absolute atomic E-state index is 12.2. The molecule has 0 aromatic rings. The molecule has 0 N–H and O–H groups in total. The van der Waals surface area contributed by atoms with Crippen molar-refractivity contribution in [3.63, 3.8) is 0 Å². The summed E-state index contributed by atoms with van der Waals surface area (Å²) in [5.74, 6) is -0.538. The first-order valence-corrected chi connectivity index (χ1v) is 6.24. The number of hydrogen-bond acceptors (Lipinski definition) is 3. The quantitative estimate of drug-likeness (QED) is 0.535. The molecular formula is C14H21NO3. The Hall–Kier alpha value is -1.58. The zero-order valence-electron chi connectivity index (χ0n) is 11.1. The summed E-state index contributed by atoms with van der Waals surface area (Å²) in [6.07, 6.45) is 4.19. The summed E-state index contributed by atoms with van der Waals surface area (Å²) in [6.45, 7) is 11.6. The third kappa shape index (κ3) is 2.33. The Morgan fingerprint density at radius 1 is 1.56 bits per heavy atom. The summed E-state index contributed by atoms with van der Waals surface area (Å²) in [6, 6.07) is 0. The van der Waals surface area contributed by atoms with Crippen LogP contribution in [-0.4, -0.2) is 35.5 Å². The molecule has 0 aromatic heterocycles. The number of carbonyl (C=O) groups excluding carboxylic acids is 2. The summed E-state index contributed by atoms with van der Waals surface area (Å²) in [5, 5.41) is 0. The van der Waals surface area contributed by atoms with Crippen molar-refractivity contribution in [1.29, 1.82) is 0 Å². The predicted octanol–water partition coefficient (Wildman–Crippen LogP) is 1.92. The first kappa shape index (κ1) is 14.5. The fourth-order valence-corrected chi connectivity index (χ4v) is 2.55. The van der Waals surface area contributed by atoms with Gasteiger partial charge in [0.2, 0.25) is 5.91 Å². The van der Waals surface area contributed by atoms with Gasteiger partial charge in [-0.2, -0.15) is 0 Å². The number of ether oxygens (including phenoxy) is 1. The first-order valence-electron chi connectivity index (χ1n) is 6.24. The van der Waals surface area contributed by atoms with Crippen LogP contribution in [0, 0.1) is 5.92 Å². The van der Waals surface area contributed by atoms with Crippen LogP contribution in [0.25, 0.3) is 0 Å². The molecule has 18 heavy (non-hydrogen) atoms. The van der Waals surface area contributed by atoms with Gasteiger partial charge < -0.3 is 9.64 Å². The van der Waals surface area contributed by atoms with Gasteiger partial charge in [0.05, 0.1) is 6.61 Å². The molecule has 1 amide bonds.